The molecule has 0 saturated carbocycles. The van der Waals surface area contributed by atoms with E-state index in [0.717, 1.165) is 25.9 Å². The Morgan fingerprint density at radius 1 is 1.20 bits per heavy atom. The summed E-state index contributed by atoms with van der Waals surface area (Å²) < 4.78 is 0. The molecule has 0 unspecified atom stereocenters. The molecule has 0 spiro atoms. The molecule has 1 heterocycles. The van der Waals surface area contributed by atoms with Gasteiger partial charge in [0.25, 0.3) is 0 Å². The molecule has 1 aromatic rings. The predicted molar refractivity (Wildman–Crippen MR) is 81.2 cm³/mol. The molecule has 0 atom stereocenters. The molecule has 0 bridgehead atoms. The Morgan fingerprint density at radius 2 is 1.75 bits per heavy atom. The van der Waals surface area contributed by atoms with Crippen molar-refractivity contribution >= 4 is 5.97 Å². The molecule has 2 N–H and O–H groups in total. The minimum Gasteiger partial charge on any atom is -0.481 e. The lowest BCUT2D eigenvalue weighted by Crippen LogP contribution is -2.41. The highest BCUT2D eigenvalue weighted by molar-refractivity contribution is 5.69. The van der Waals surface area contributed by atoms with E-state index in [0.29, 0.717) is 0 Å². The average molecular weight is 275 g/mol. The summed E-state index contributed by atoms with van der Waals surface area (Å²) in [5.74, 6) is -0.702. The van der Waals surface area contributed by atoms with Crippen molar-refractivity contribution in [2.75, 3.05) is 13.1 Å². The first-order chi connectivity index (χ1) is 9.33. The molecular weight excluding hydrogens is 250 g/mol. The van der Waals surface area contributed by atoms with Gasteiger partial charge in [0, 0.05) is 5.41 Å². The van der Waals surface area contributed by atoms with Crippen LogP contribution in [-0.4, -0.2) is 24.2 Å². The third kappa shape index (κ3) is 3.21. The normalized spacial score (nSPS) is 18.8. The third-order valence-corrected chi connectivity index (χ3v) is 4.41. The molecule has 0 aliphatic carbocycles. The fourth-order valence-electron chi connectivity index (χ4n) is 3.09. The van der Waals surface area contributed by atoms with Crippen molar-refractivity contribution in [2.24, 2.45) is 0 Å². The molecule has 20 heavy (non-hydrogen) atoms. The third-order valence-electron chi connectivity index (χ3n) is 4.41. The quantitative estimate of drug-likeness (QED) is 0.891. The van der Waals surface area contributed by atoms with Gasteiger partial charge in [-0.25, -0.2) is 0 Å². The summed E-state index contributed by atoms with van der Waals surface area (Å²) in [6.45, 7) is 8.38. The van der Waals surface area contributed by atoms with Crippen molar-refractivity contribution in [3.63, 3.8) is 0 Å². The number of hydrogen-bond acceptors (Lipinski definition) is 2. The van der Waals surface area contributed by atoms with Crippen LogP contribution >= 0.6 is 0 Å². The highest BCUT2D eigenvalue weighted by Crippen LogP contribution is 2.37. The number of carboxylic acid groups (broad SMARTS) is 1. The summed E-state index contributed by atoms with van der Waals surface area (Å²) in [7, 11) is 0. The summed E-state index contributed by atoms with van der Waals surface area (Å²) in [4.78, 5) is 11.3. The van der Waals surface area contributed by atoms with E-state index in [9.17, 15) is 9.90 Å². The lowest BCUT2D eigenvalue weighted by atomic mass is 9.70. The largest absolute Gasteiger partial charge is 0.481 e. The van der Waals surface area contributed by atoms with Gasteiger partial charge < -0.3 is 10.4 Å². The molecule has 0 radical (unpaired) electrons. The van der Waals surface area contributed by atoms with E-state index < -0.39 is 5.97 Å². The zero-order chi connectivity index (χ0) is 14.8. The van der Waals surface area contributed by atoms with Gasteiger partial charge in [0.05, 0.1) is 6.42 Å². The number of benzene rings is 1. The van der Waals surface area contributed by atoms with Crippen molar-refractivity contribution in [1.29, 1.82) is 0 Å². The lowest BCUT2D eigenvalue weighted by Gasteiger charge is -2.37. The lowest BCUT2D eigenvalue weighted by molar-refractivity contribution is -0.138. The van der Waals surface area contributed by atoms with Crippen LogP contribution in [0.5, 0.6) is 0 Å². The van der Waals surface area contributed by atoms with E-state index in [1.807, 2.05) is 0 Å². The average Bonchev–Trinajstić information content (AvgIpc) is 2.38. The summed E-state index contributed by atoms with van der Waals surface area (Å²) in [5.41, 5.74) is 2.40. The second kappa shape index (κ2) is 5.57. The molecule has 3 heteroatoms. The van der Waals surface area contributed by atoms with E-state index in [2.05, 4.69) is 50.4 Å². The number of nitrogens with one attached hydrogen (secondary N) is 1. The van der Waals surface area contributed by atoms with Gasteiger partial charge in [0.15, 0.2) is 0 Å². The molecule has 1 aromatic carbocycles. The Hall–Kier alpha value is -1.35. The Kier molecular flexibility index (Phi) is 4.19. The molecule has 0 aromatic heterocycles. The molecule has 1 saturated heterocycles. The fraction of sp³-hybridized carbons (Fsp3) is 0.588. The van der Waals surface area contributed by atoms with Gasteiger partial charge in [0.1, 0.15) is 0 Å². The Morgan fingerprint density at radius 3 is 2.20 bits per heavy atom. The molecular formula is C17H25NO2. The van der Waals surface area contributed by atoms with E-state index in [1.54, 1.807) is 0 Å². The predicted octanol–water partition coefficient (Wildman–Crippen LogP) is 3.08. The monoisotopic (exact) mass is 275 g/mol. The zero-order valence-corrected chi connectivity index (χ0v) is 12.7. The van der Waals surface area contributed by atoms with Crippen LogP contribution in [-0.2, 0) is 15.6 Å². The molecule has 0 amide bonds. The zero-order valence-electron chi connectivity index (χ0n) is 12.7. The van der Waals surface area contributed by atoms with Crippen LogP contribution in [0.3, 0.4) is 0 Å². The second-order valence-electron chi connectivity index (χ2n) is 6.93. The topological polar surface area (TPSA) is 49.3 Å². The number of rotatable bonds is 3. The summed E-state index contributed by atoms with van der Waals surface area (Å²) in [6, 6.07) is 8.58. The Balaban J connectivity index is 2.31. The van der Waals surface area contributed by atoms with E-state index in [-0.39, 0.29) is 17.3 Å². The molecule has 1 aliphatic rings. The number of piperidine rings is 1. The van der Waals surface area contributed by atoms with Crippen LogP contribution in [0.4, 0.5) is 0 Å². The molecule has 3 nitrogen and oxygen atoms in total. The summed E-state index contributed by atoms with van der Waals surface area (Å²) in [6.07, 6.45) is 2.02. The maximum absolute atomic E-state index is 11.3. The number of hydrogen-bond donors (Lipinski definition) is 2. The van der Waals surface area contributed by atoms with E-state index in [1.165, 1.54) is 11.1 Å². The van der Waals surface area contributed by atoms with E-state index >= 15 is 0 Å². The Labute approximate surface area is 121 Å². The SMILES string of the molecule is CC(C)(C)c1ccc(C2(CC(=O)O)CCNCC2)cc1. The Bertz CT molecular complexity index is 465. The van der Waals surface area contributed by atoms with Gasteiger partial charge in [-0.2, -0.15) is 0 Å². The maximum atomic E-state index is 11.3. The van der Waals surface area contributed by atoms with Crippen LogP contribution < -0.4 is 5.32 Å². The van der Waals surface area contributed by atoms with Crippen LogP contribution in [0, 0.1) is 0 Å². The highest BCUT2D eigenvalue weighted by atomic mass is 16.4. The molecule has 1 fully saturated rings. The fourth-order valence-corrected chi connectivity index (χ4v) is 3.09. The van der Waals surface area contributed by atoms with E-state index in [4.69, 9.17) is 0 Å². The van der Waals surface area contributed by atoms with Crippen LogP contribution in [0.2, 0.25) is 0 Å². The molecule has 1 aliphatic heterocycles. The van der Waals surface area contributed by atoms with Crippen LogP contribution in [0.15, 0.2) is 24.3 Å². The van der Waals surface area contributed by atoms with Crippen molar-refractivity contribution in [3.8, 4) is 0 Å². The summed E-state index contributed by atoms with van der Waals surface area (Å²) in [5, 5.41) is 12.6. The maximum Gasteiger partial charge on any atom is 0.304 e. The summed E-state index contributed by atoms with van der Waals surface area (Å²) >= 11 is 0. The van der Waals surface area contributed by atoms with Crippen molar-refractivity contribution < 1.29 is 9.90 Å². The van der Waals surface area contributed by atoms with Gasteiger partial charge in [-0.1, -0.05) is 45.0 Å². The number of carbonyl (C=O) groups is 1. The van der Waals surface area contributed by atoms with Gasteiger partial charge in [0.2, 0.25) is 0 Å². The number of carboxylic acids is 1. The first kappa shape index (κ1) is 15.0. The smallest absolute Gasteiger partial charge is 0.304 e. The minimum absolute atomic E-state index is 0.132. The molecule has 110 valence electrons. The minimum atomic E-state index is -0.702. The second-order valence-corrected chi connectivity index (χ2v) is 6.93. The first-order valence-corrected chi connectivity index (χ1v) is 7.37. The van der Waals surface area contributed by atoms with Gasteiger partial charge in [-0.3, -0.25) is 4.79 Å². The van der Waals surface area contributed by atoms with Gasteiger partial charge >= 0.3 is 5.97 Å². The van der Waals surface area contributed by atoms with Crippen LogP contribution in [0.1, 0.15) is 51.2 Å². The standard InChI is InChI=1S/C17H25NO2/c1-16(2,3)13-4-6-14(7-5-13)17(12-15(19)20)8-10-18-11-9-17/h4-7,18H,8-12H2,1-3H3,(H,19,20). The van der Waals surface area contributed by atoms with Gasteiger partial charge in [-0.15, -0.1) is 0 Å². The number of aliphatic carboxylic acids is 1. The first-order valence-electron chi connectivity index (χ1n) is 7.37. The van der Waals surface area contributed by atoms with Gasteiger partial charge in [-0.05, 0) is 42.5 Å². The van der Waals surface area contributed by atoms with Crippen molar-refractivity contribution in [3.05, 3.63) is 35.4 Å². The molecule has 2 rings (SSSR count). The van der Waals surface area contributed by atoms with Crippen LogP contribution in [0.25, 0.3) is 0 Å². The van der Waals surface area contributed by atoms with Crippen molar-refractivity contribution in [1.82, 2.24) is 5.32 Å². The van der Waals surface area contributed by atoms with Crippen molar-refractivity contribution in [2.45, 2.75) is 50.9 Å². The highest BCUT2D eigenvalue weighted by Gasteiger charge is 2.36.